The lowest BCUT2D eigenvalue weighted by Crippen LogP contribution is -2.34. The summed E-state index contributed by atoms with van der Waals surface area (Å²) in [6, 6.07) is 7.54. The van der Waals surface area contributed by atoms with Gasteiger partial charge in [0.05, 0.1) is 6.54 Å². The number of benzene rings is 1. The first kappa shape index (κ1) is 14.2. The van der Waals surface area contributed by atoms with Gasteiger partial charge in [-0.2, -0.15) is 0 Å². The molecule has 0 radical (unpaired) electrons. The Morgan fingerprint density at radius 3 is 2.74 bits per heavy atom. The zero-order valence-corrected chi connectivity index (χ0v) is 12.4. The molecule has 0 spiro atoms. The number of amides is 1. The Bertz CT molecular complexity index is 560. The van der Waals surface area contributed by atoms with E-state index in [9.17, 15) is 4.79 Å². The molecule has 0 fully saturated rings. The van der Waals surface area contributed by atoms with Crippen LogP contribution in [0.15, 0.2) is 29.8 Å². The molecule has 0 N–H and O–H groups in total. The highest BCUT2D eigenvalue weighted by Crippen LogP contribution is 2.24. The van der Waals surface area contributed by atoms with Gasteiger partial charge in [0.15, 0.2) is 4.84 Å². The van der Waals surface area contributed by atoms with Gasteiger partial charge in [0.25, 0.3) is 5.91 Å². The first-order valence-electron chi connectivity index (χ1n) is 5.50. The highest BCUT2D eigenvalue weighted by atomic mass is 35.5. The van der Waals surface area contributed by atoms with Gasteiger partial charge in [0.1, 0.15) is 10.5 Å². The predicted octanol–water partition coefficient (Wildman–Crippen LogP) is 3.18. The molecular formula is C12H11Cl2N3OS. The van der Waals surface area contributed by atoms with Crippen LogP contribution >= 0.6 is 34.5 Å². The maximum absolute atomic E-state index is 12.1. The third-order valence-electron chi connectivity index (χ3n) is 2.56. The van der Waals surface area contributed by atoms with Gasteiger partial charge in [-0.05, 0) is 18.6 Å². The average Bonchev–Trinajstić information content (AvgIpc) is 2.89. The van der Waals surface area contributed by atoms with E-state index in [-0.39, 0.29) is 5.91 Å². The number of carbonyl (C=O) groups is 1. The molecule has 1 amide bonds. The van der Waals surface area contributed by atoms with Crippen molar-refractivity contribution in [3.63, 3.8) is 0 Å². The van der Waals surface area contributed by atoms with Gasteiger partial charge >= 0.3 is 0 Å². The quantitative estimate of drug-likeness (QED) is 0.814. The summed E-state index contributed by atoms with van der Waals surface area (Å²) in [6.45, 7) is 2.23. The number of carbonyl (C=O) groups excluding carboxylic acids is 1. The minimum atomic E-state index is -1.10. The normalized spacial score (nSPS) is 10.7. The summed E-state index contributed by atoms with van der Waals surface area (Å²) in [4.78, 5) is 12.6. The summed E-state index contributed by atoms with van der Waals surface area (Å²) in [6.07, 6.45) is 0. The molecule has 0 atom stereocenters. The van der Waals surface area contributed by atoms with Gasteiger partial charge in [-0.15, -0.1) is 21.5 Å². The molecule has 1 aromatic heterocycles. The lowest BCUT2D eigenvalue weighted by molar-refractivity contribution is -0.117. The van der Waals surface area contributed by atoms with Crippen molar-refractivity contribution in [2.75, 3.05) is 4.90 Å². The van der Waals surface area contributed by atoms with Gasteiger partial charge in [0, 0.05) is 5.69 Å². The number of hydrogen-bond donors (Lipinski definition) is 0. The van der Waals surface area contributed by atoms with Crippen molar-refractivity contribution in [2.45, 2.75) is 18.3 Å². The fourth-order valence-corrected chi connectivity index (χ4v) is 2.42. The molecule has 2 rings (SSSR count). The number of nitrogens with zero attached hydrogens (tertiary/aromatic N) is 3. The van der Waals surface area contributed by atoms with E-state index in [0.29, 0.717) is 6.54 Å². The van der Waals surface area contributed by atoms with E-state index < -0.39 is 4.84 Å². The molecule has 0 saturated carbocycles. The van der Waals surface area contributed by atoms with Crippen molar-refractivity contribution in [3.8, 4) is 0 Å². The van der Waals surface area contributed by atoms with Crippen LogP contribution in [-0.4, -0.2) is 20.9 Å². The van der Waals surface area contributed by atoms with Crippen LogP contribution < -0.4 is 4.90 Å². The third kappa shape index (κ3) is 3.43. The monoisotopic (exact) mass is 315 g/mol. The Hall–Kier alpha value is -1.17. The smallest absolute Gasteiger partial charge is 0.260 e. The fraction of sp³-hybridized carbons (Fsp3) is 0.250. The highest BCUT2D eigenvalue weighted by Gasteiger charge is 2.24. The molecule has 2 aromatic rings. The Balaban J connectivity index is 2.34. The molecule has 0 unspecified atom stereocenters. The number of hydrogen-bond acceptors (Lipinski definition) is 4. The van der Waals surface area contributed by atoms with E-state index in [1.54, 1.807) is 5.51 Å². The molecule has 0 saturated heterocycles. The molecule has 100 valence electrons. The second kappa shape index (κ2) is 6.32. The van der Waals surface area contributed by atoms with Gasteiger partial charge in [-0.3, -0.25) is 4.79 Å². The van der Waals surface area contributed by atoms with E-state index in [1.165, 1.54) is 16.2 Å². The largest absolute Gasteiger partial charge is 0.303 e. The summed E-state index contributed by atoms with van der Waals surface area (Å²) in [5.74, 6) is -0.368. The number of alkyl halides is 2. The SMILES string of the molecule is Cc1ccccc1N(Cc1nncs1)C(=O)C(Cl)Cl. The number of halogens is 2. The van der Waals surface area contributed by atoms with Crippen LogP contribution in [0.3, 0.4) is 0 Å². The Morgan fingerprint density at radius 1 is 1.42 bits per heavy atom. The zero-order valence-electron chi connectivity index (χ0n) is 10.1. The van der Waals surface area contributed by atoms with E-state index in [1.807, 2.05) is 31.2 Å². The second-order valence-corrected chi connectivity index (χ2v) is 5.86. The molecule has 0 bridgehead atoms. The molecule has 19 heavy (non-hydrogen) atoms. The van der Waals surface area contributed by atoms with Crippen LogP contribution in [0.5, 0.6) is 0 Å². The van der Waals surface area contributed by atoms with Crippen LogP contribution in [-0.2, 0) is 11.3 Å². The number of aryl methyl sites for hydroxylation is 1. The molecule has 1 heterocycles. The lowest BCUT2D eigenvalue weighted by Gasteiger charge is -2.23. The molecule has 7 heteroatoms. The Labute approximate surface area is 125 Å². The lowest BCUT2D eigenvalue weighted by atomic mass is 10.2. The molecule has 1 aromatic carbocycles. The molecule has 0 aliphatic heterocycles. The van der Waals surface area contributed by atoms with Crippen molar-refractivity contribution in [1.82, 2.24) is 10.2 Å². The van der Waals surface area contributed by atoms with Crippen LogP contribution in [0.1, 0.15) is 10.6 Å². The second-order valence-electron chi connectivity index (χ2n) is 3.84. The maximum Gasteiger partial charge on any atom is 0.260 e. The summed E-state index contributed by atoms with van der Waals surface area (Å²) in [5, 5.41) is 8.43. The van der Waals surface area contributed by atoms with Crippen molar-refractivity contribution in [1.29, 1.82) is 0 Å². The summed E-state index contributed by atoms with van der Waals surface area (Å²) < 4.78 is 0. The van der Waals surface area contributed by atoms with E-state index >= 15 is 0 Å². The molecule has 4 nitrogen and oxygen atoms in total. The summed E-state index contributed by atoms with van der Waals surface area (Å²) >= 11 is 12.8. The third-order valence-corrected chi connectivity index (χ3v) is 3.61. The summed E-state index contributed by atoms with van der Waals surface area (Å²) in [7, 11) is 0. The minimum absolute atomic E-state index is 0.310. The van der Waals surface area contributed by atoms with Crippen LogP contribution in [0.2, 0.25) is 0 Å². The van der Waals surface area contributed by atoms with Crippen molar-refractivity contribution >= 4 is 46.1 Å². The number of para-hydroxylation sites is 1. The van der Waals surface area contributed by atoms with Crippen LogP contribution in [0.25, 0.3) is 0 Å². The van der Waals surface area contributed by atoms with Crippen LogP contribution in [0, 0.1) is 6.92 Å². The molecule has 0 aliphatic carbocycles. The van der Waals surface area contributed by atoms with Gasteiger partial charge in [0.2, 0.25) is 0 Å². The number of aromatic nitrogens is 2. The number of rotatable bonds is 4. The van der Waals surface area contributed by atoms with Crippen LogP contribution in [0.4, 0.5) is 5.69 Å². The average molecular weight is 316 g/mol. The van der Waals surface area contributed by atoms with Gasteiger partial charge in [-0.1, -0.05) is 41.4 Å². The zero-order chi connectivity index (χ0) is 13.8. The minimum Gasteiger partial charge on any atom is -0.303 e. The maximum atomic E-state index is 12.1. The molecular weight excluding hydrogens is 305 g/mol. The predicted molar refractivity (Wildman–Crippen MR) is 77.8 cm³/mol. The standard InChI is InChI=1S/C12H11Cl2N3OS/c1-8-4-2-3-5-9(8)17(12(18)11(13)14)6-10-16-15-7-19-10/h2-5,7,11H,6H2,1H3. The van der Waals surface area contributed by atoms with E-state index in [4.69, 9.17) is 23.2 Å². The summed E-state index contributed by atoms with van der Waals surface area (Å²) in [5.41, 5.74) is 3.36. The fourth-order valence-electron chi connectivity index (χ4n) is 1.67. The Kier molecular flexibility index (Phi) is 4.74. The topological polar surface area (TPSA) is 46.1 Å². The highest BCUT2D eigenvalue weighted by molar-refractivity contribution is 7.09. The number of anilines is 1. The Morgan fingerprint density at radius 2 is 2.16 bits per heavy atom. The van der Waals surface area contributed by atoms with E-state index in [2.05, 4.69) is 10.2 Å². The molecule has 0 aliphatic rings. The van der Waals surface area contributed by atoms with Gasteiger partial charge in [-0.25, -0.2) is 0 Å². The van der Waals surface area contributed by atoms with Crippen molar-refractivity contribution in [3.05, 3.63) is 40.3 Å². The van der Waals surface area contributed by atoms with Crippen molar-refractivity contribution in [2.24, 2.45) is 0 Å². The van der Waals surface area contributed by atoms with Gasteiger partial charge < -0.3 is 4.90 Å². The first-order chi connectivity index (χ1) is 9.09. The van der Waals surface area contributed by atoms with E-state index in [0.717, 1.165) is 16.3 Å². The first-order valence-corrected chi connectivity index (χ1v) is 7.25. The van der Waals surface area contributed by atoms with Crippen molar-refractivity contribution < 1.29 is 4.79 Å².